The van der Waals surface area contributed by atoms with E-state index in [1.807, 2.05) is 0 Å². The first-order chi connectivity index (χ1) is 11.8. The van der Waals surface area contributed by atoms with Crippen LogP contribution in [0.25, 0.3) is 0 Å². The van der Waals surface area contributed by atoms with Gasteiger partial charge in [0.15, 0.2) is 0 Å². The van der Waals surface area contributed by atoms with E-state index in [0.717, 1.165) is 6.42 Å². The monoisotopic (exact) mass is 345 g/mol. The van der Waals surface area contributed by atoms with Gasteiger partial charge in [-0.25, -0.2) is 0 Å². The van der Waals surface area contributed by atoms with E-state index in [-0.39, 0.29) is 18.9 Å². The average Bonchev–Trinajstić information content (AvgIpc) is 2.59. The Morgan fingerprint density at radius 2 is 0.800 bits per heavy atom. The van der Waals surface area contributed by atoms with Crippen molar-refractivity contribution < 1.29 is 18.9 Å². The average molecular weight is 346 g/mol. The summed E-state index contributed by atoms with van der Waals surface area (Å²) in [6.45, 7) is 12.5. The van der Waals surface area contributed by atoms with Crippen LogP contribution in [0.2, 0.25) is 0 Å². The van der Waals surface area contributed by atoms with Gasteiger partial charge in [-0.2, -0.15) is 6.42 Å². The molecule has 1 nitrogen and oxygen atoms in total. The predicted molar refractivity (Wildman–Crippen MR) is 112 cm³/mol. The van der Waals surface area contributed by atoms with E-state index >= 15 is 0 Å². The van der Waals surface area contributed by atoms with Gasteiger partial charge in [-0.15, -0.1) is 0 Å². The minimum atomic E-state index is 0. The summed E-state index contributed by atoms with van der Waals surface area (Å²) in [5, 5.41) is 0. The zero-order valence-electron chi connectivity index (χ0n) is 18.3. The third-order valence-electron chi connectivity index (χ3n) is 5.13. The molecule has 2 heteroatoms. The number of hydrogen-bond donors (Lipinski definition) is 0. The topological polar surface area (TPSA) is 3.24 Å². The fourth-order valence-electron chi connectivity index (χ4n) is 3.50. The molecule has 0 rings (SSSR count). The van der Waals surface area contributed by atoms with Crippen molar-refractivity contribution in [2.75, 3.05) is 19.6 Å². The second-order valence-corrected chi connectivity index (χ2v) is 7.64. The summed E-state index contributed by atoms with van der Waals surface area (Å²) in [4.78, 5) is 2.67. The summed E-state index contributed by atoms with van der Waals surface area (Å²) in [7, 11) is 0. The van der Waals surface area contributed by atoms with Crippen LogP contribution in [0.15, 0.2) is 0 Å². The molecule has 0 bridgehead atoms. The zero-order chi connectivity index (χ0) is 17.7. The van der Waals surface area contributed by atoms with Crippen LogP contribution in [-0.4, -0.2) is 24.5 Å². The molecule has 0 saturated carbocycles. The maximum absolute atomic E-state index is 4.06. The Labute approximate surface area is 173 Å². The van der Waals surface area contributed by atoms with Crippen molar-refractivity contribution in [3.63, 3.8) is 0 Å². The van der Waals surface area contributed by atoms with Crippen molar-refractivity contribution in [2.45, 2.75) is 123 Å². The predicted octanol–water partition coefficient (Wildman–Crippen LogP) is 4.80. The second-order valence-electron chi connectivity index (χ2n) is 7.64. The van der Waals surface area contributed by atoms with E-state index in [1.165, 1.54) is 122 Å². The minimum Gasteiger partial charge on any atom is -0.342 e. The van der Waals surface area contributed by atoms with Crippen LogP contribution in [0.4, 0.5) is 0 Å². The molecule has 0 atom stereocenters. The Kier molecular flexibility index (Phi) is 27.3. The van der Waals surface area contributed by atoms with Crippen LogP contribution in [0, 0.1) is 6.92 Å². The molecule has 0 spiro atoms. The summed E-state index contributed by atoms with van der Waals surface area (Å²) >= 11 is 0. The first kappa shape index (κ1) is 27.8. The van der Waals surface area contributed by atoms with E-state index in [2.05, 4.69) is 25.7 Å². The summed E-state index contributed by atoms with van der Waals surface area (Å²) < 4.78 is 0. The number of hydrogen-bond acceptors (Lipinski definition) is 1. The molecule has 0 aromatic rings. The van der Waals surface area contributed by atoms with Gasteiger partial charge >= 0.3 is 18.9 Å². The first-order valence-corrected chi connectivity index (χ1v) is 11.4. The standard InChI is InChI=1S/C23H48N.Li/c1-4-7-9-11-13-15-17-19-22-24(21-6-3)23-20-18-16-14-12-10-8-5-2;/h3-23H2,1-2H3;/q-1;+1. The Bertz CT molecular complexity index is 200. The van der Waals surface area contributed by atoms with Crippen LogP contribution in [0.1, 0.15) is 123 Å². The van der Waals surface area contributed by atoms with Crippen molar-refractivity contribution in [3.8, 4) is 0 Å². The molecule has 0 radical (unpaired) electrons. The van der Waals surface area contributed by atoms with Crippen molar-refractivity contribution in [1.82, 2.24) is 4.90 Å². The Morgan fingerprint density at radius 3 is 1.12 bits per heavy atom. The fraction of sp³-hybridized carbons (Fsp3) is 0.957. The molecule has 0 heterocycles. The summed E-state index contributed by atoms with van der Waals surface area (Å²) in [6, 6.07) is 0. The quantitative estimate of drug-likeness (QED) is 0.174. The molecule has 0 aliphatic rings. The molecular weight excluding hydrogens is 297 g/mol. The Morgan fingerprint density at radius 1 is 0.480 bits per heavy atom. The minimum absolute atomic E-state index is 0. The van der Waals surface area contributed by atoms with E-state index in [0.29, 0.717) is 0 Å². The molecule has 0 saturated heterocycles. The molecule has 0 aromatic carbocycles. The Balaban J connectivity index is 0. The normalized spacial score (nSPS) is 11.0. The van der Waals surface area contributed by atoms with Gasteiger partial charge in [0, 0.05) is 0 Å². The summed E-state index contributed by atoms with van der Waals surface area (Å²) in [6.07, 6.45) is 23.9. The van der Waals surface area contributed by atoms with Crippen molar-refractivity contribution in [2.24, 2.45) is 0 Å². The maximum atomic E-state index is 4.06. The number of nitrogens with zero attached hydrogens (tertiary/aromatic N) is 1. The molecule has 0 unspecified atom stereocenters. The van der Waals surface area contributed by atoms with E-state index in [9.17, 15) is 0 Å². The first-order valence-electron chi connectivity index (χ1n) is 11.4. The van der Waals surface area contributed by atoms with Crippen molar-refractivity contribution in [1.29, 1.82) is 0 Å². The van der Waals surface area contributed by atoms with Crippen LogP contribution in [0.3, 0.4) is 0 Å². The van der Waals surface area contributed by atoms with Gasteiger partial charge in [-0.1, -0.05) is 104 Å². The van der Waals surface area contributed by atoms with Gasteiger partial charge in [0.1, 0.15) is 0 Å². The molecular formula is C23H48LiN. The van der Waals surface area contributed by atoms with Crippen LogP contribution >= 0.6 is 0 Å². The Hall–Kier alpha value is 0.557. The third-order valence-corrected chi connectivity index (χ3v) is 5.13. The second kappa shape index (κ2) is 24.6. The van der Waals surface area contributed by atoms with E-state index in [4.69, 9.17) is 0 Å². The summed E-state index contributed by atoms with van der Waals surface area (Å²) in [5.74, 6) is 0. The van der Waals surface area contributed by atoms with Crippen LogP contribution < -0.4 is 18.9 Å². The molecule has 0 aliphatic heterocycles. The fourth-order valence-corrected chi connectivity index (χ4v) is 3.50. The molecule has 0 N–H and O–H groups in total. The number of unbranched alkanes of at least 4 members (excludes halogenated alkanes) is 14. The SMILES string of the molecule is [CH2-]CCN(CCCCCCCCCC)CCCCCCCCCC.[Li+]. The van der Waals surface area contributed by atoms with Crippen LogP contribution in [0.5, 0.6) is 0 Å². The third kappa shape index (κ3) is 22.5. The van der Waals surface area contributed by atoms with Crippen molar-refractivity contribution in [3.05, 3.63) is 6.92 Å². The smallest absolute Gasteiger partial charge is 0.342 e. The van der Waals surface area contributed by atoms with Gasteiger partial charge in [-0.3, -0.25) is 0 Å². The maximum Gasteiger partial charge on any atom is 1.00 e. The molecule has 146 valence electrons. The van der Waals surface area contributed by atoms with Gasteiger partial charge in [-0.05, 0) is 32.5 Å². The summed E-state index contributed by atoms with van der Waals surface area (Å²) in [5.41, 5.74) is 0. The largest absolute Gasteiger partial charge is 1.00 e. The zero-order valence-corrected chi connectivity index (χ0v) is 18.3. The van der Waals surface area contributed by atoms with E-state index < -0.39 is 0 Å². The molecule has 0 amide bonds. The van der Waals surface area contributed by atoms with Gasteiger partial charge in [0.05, 0.1) is 0 Å². The molecule has 25 heavy (non-hydrogen) atoms. The van der Waals surface area contributed by atoms with Crippen LogP contribution in [-0.2, 0) is 0 Å². The van der Waals surface area contributed by atoms with Crippen molar-refractivity contribution >= 4 is 0 Å². The van der Waals surface area contributed by atoms with Gasteiger partial charge < -0.3 is 11.8 Å². The number of rotatable bonds is 20. The van der Waals surface area contributed by atoms with E-state index in [1.54, 1.807) is 0 Å². The molecule has 0 fully saturated rings. The van der Waals surface area contributed by atoms with Gasteiger partial charge in [0.2, 0.25) is 0 Å². The molecule has 0 aliphatic carbocycles. The molecule has 0 aromatic heterocycles. The van der Waals surface area contributed by atoms with Gasteiger partial charge in [0.25, 0.3) is 0 Å².